The molecule has 1 saturated heterocycles. The van der Waals surface area contributed by atoms with Gasteiger partial charge in [0.2, 0.25) is 0 Å². The SMILES string of the molecule is O=C(C[NH+]1CCN(C(=O)COc2cccc(F)c2)CC1)Nc1cccc(F)c1. The van der Waals surface area contributed by atoms with E-state index in [1.165, 1.54) is 36.4 Å². The normalized spacial score (nSPS) is 14.6. The van der Waals surface area contributed by atoms with E-state index in [-0.39, 0.29) is 25.0 Å². The maximum absolute atomic E-state index is 13.2. The van der Waals surface area contributed by atoms with Crippen LogP contribution in [-0.2, 0) is 9.59 Å². The molecule has 0 spiro atoms. The van der Waals surface area contributed by atoms with Crippen LogP contribution in [0.2, 0.25) is 0 Å². The molecule has 28 heavy (non-hydrogen) atoms. The molecule has 1 fully saturated rings. The van der Waals surface area contributed by atoms with Crippen molar-refractivity contribution in [2.45, 2.75) is 0 Å². The summed E-state index contributed by atoms with van der Waals surface area (Å²) in [6.45, 7) is 2.36. The summed E-state index contributed by atoms with van der Waals surface area (Å²) in [6, 6.07) is 11.4. The number of ether oxygens (including phenoxy) is 1. The first-order valence-corrected chi connectivity index (χ1v) is 9.05. The number of amides is 2. The van der Waals surface area contributed by atoms with Gasteiger partial charge in [-0.1, -0.05) is 12.1 Å². The van der Waals surface area contributed by atoms with Gasteiger partial charge in [0.15, 0.2) is 13.2 Å². The Balaban J connectivity index is 1.40. The van der Waals surface area contributed by atoms with E-state index in [4.69, 9.17) is 4.74 Å². The highest BCUT2D eigenvalue weighted by Crippen LogP contribution is 2.12. The minimum absolute atomic E-state index is 0.154. The molecule has 0 atom stereocenters. The molecule has 0 aliphatic carbocycles. The third-order valence-electron chi connectivity index (χ3n) is 4.50. The molecule has 1 aliphatic heterocycles. The average Bonchev–Trinajstić information content (AvgIpc) is 2.67. The van der Waals surface area contributed by atoms with Crippen molar-refractivity contribution in [2.24, 2.45) is 0 Å². The number of hydrogen-bond donors (Lipinski definition) is 2. The Morgan fingerprint density at radius 1 is 1.04 bits per heavy atom. The van der Waals surface area contributed by atoms with Gasteiger partial charge >= 0.3 is 0 Å². The lowest BCUT2D eigenvalue weighted by molar-refractivity contribution is -0.895. The van der Waals surface area contributed by atoms with Crippen LogP contribution < -0.4 is 15.0 Å². The van der Waals surface area contributed by atoms with E-state index in [2.05, 4.69) is 5.32 Å². The summed E-state index contributed by atoms with van der Waals surface area (Å²) in [6.07, 6.45) is 0. The van der Waals surface area contributed by atoms with E-state index < -0.39 is 11.6 Å². The van der Waals surface area contributed by atoms with Crippen molar-refractivity contribution < 1.29 is 28.0 Å². The zero-order valence-electron chi connectivity index (χ0n) is 15.3. The Bertz CT molecular complexity index is 839. The Labute approximate surface area is 161 Å². The summed E-state index contributed by atoms with van der Waals surface area (Å²) < 4.78 is 31.6. The van der Waals surface area contributed by atoms with Gasteiger partial charge in [-0.05, 0) is 30.3 Å². The van der Waals surface area contributed by atoms with Crippen molar-refractivity contribution >= 4 is 17.5 Å². The van der Waals surface area contributed by atoms with Crippen molar-refractivity contribution in [1.82, 2.24) is 4.90 Å². The van der Waals surface area contributed by atoms with E-state index in [0.717, 1.165) is 4.90 Å². The number of piperazine rings is 1. The molecule has 1 heterocycles. The Morgan fingerprint density at radius 3 is 2.39 bits per heavy atom. The molecule has 2 N–H and O–H groups in total. The smallest absolute Gasteiger partial charge is 0.279 e. The molecule has 2 amide bonds. The molecule has 0 bridgehead atoms. The van der Waals surface area contributed by atoms with Gasteiger partial charge < -0.3 is 19.9 Å². The van der Waals surface area contributed by atoms with Gasteiger partial charge in [0.1, 0.15) is 17.4 Å². The van der Waals surface area contributed by atoms with Crippen LogP contribution in [0.15, 0.2) is 48.5 Å². The summed E-state index contributed by atoms with van der Waals surface area (Å²) >= 11 is 0. The second-order valence-electron chi connectivity index (χ2n) is 6.61. The van der Waals surface area contributed by atoms with E-state index in [1.807, 2.05) is 0 Å². The van der Waals surface area contributed by atoms with Crippen LogP contribution in [0, 0.1) is 11.6 Å². The largest absolute Gasteiger partial charge is 0.484 e. The van der Waals surface area contributed by atoms with Crippen molar-refractivity contribution in [3.8, 4) is 5.75 Å². The molecular formula is C20H22F2N3O3+. The van der Waals surface area contributed by atoms with Crippen LogP contribution in [0.1, 0.15) is 0 Å². The molecule has 2 aromatic rings. The lowest BCUT2D eigenvalue weighted by Gasteiger charge is -2.31. The molecule has 6 nitrogen and oxygen atoms in total. The van der Waals surface area contributed by atoms with Gasteiger partial charge in [-0.25, -0.2) is 8.78 Å². The molecule has 0 saturated carbocycles. The van der Waals surface area contributed by atoms with Crippen molar-refractivity contribution in [1.29, 1.82) is 0 Å². The summed E-state index contributed by atoms with van der Waals surface area (Å²) in [5.74, 6) is -0.884. The van der Waals surface area contributed by atoms with Crippen LogP contribution in [0.4, 0.5) is 14.5 Å². The van der Waals surface area contributed by atoms with Crippen molar-refractivity contribution in [3.05, 3.63) is 60.2 Å². The first-order chi connectivity index (χ1) is 13.5. The molecule has 2 aromatic carbocycles. The first kappa shape index (κ1) is 19.8. The Hall–Kier alpha value is -3.00. The Morgan fingerprint density at radius 2 is 1.71 bits per heavy atom. The second-order valence-corrected chi connectivity index (χ2v) is 6.61. The number of nitrogens with zero attached hydrogens (tertiary/aromatic N) is 1. The number of anilines is 1. The molecule has 8 heteroatoms. The van der Waals surface area contributed by atoms with Crippen molar-refractivity contribution in [2.75, 3.05) is 44.6 Å². The van der Waals surface area contributed by atoms with Crippen LogP contribution in [0.3, 0.4) is 0 Å². The fraction of sp³-hybridized carbons (Fsp3) is 0.300. The molecular weight excluding hydrogens is 368 g/mol. The Kier molecular flexibility index (Phi) is 6.54. The maximum atomic E-state index is 13.2. The molecule has 0 aromatic heterocycles. The number of quaternary nitrogens is 1. The monoisotopic (exact) mass is 390 g/mol. The highest BCUT2D eigenvalue weighted by molar-refractivity contribution is 5.91. The topological polar surface area (TPSA) is 63.1 Å². The third kappa shape index (κ3) is 5.75. The summed E-state index contributed by atoms with van der Waals surface area (Å²) in [4.78, 5) is 27.1. The maximum Gasteiger partial charge on any atom is 0.279 e. The number of halogens is 2. The summed E-state index contributed by atoms with van der Waals surface area (Å²) in [5, 5.41) is 2.68. The van der Waals surface area contributed by atoms with Crippen molar-refractivity contribution in [3.63, 3.8) is 0 Å². The van der Waals surface area contributed by atoms with E-state index in [1.54, 1.807) is 17.0 Å². The predicted molar refractivity (Wildman–Crippen MR) is 99.1 cm³/mol. The third-order valence-corrected chi connectivity index (χ3v) is 4.50. The van der Waals surface area contributed by atoms with Gasteiger partial charge in [0.25, 0.3) is 11.8 Å². The quantitative estimate of drug-likeness (QED) is 0.764. The van der Waals surface area contributed by atoms with Crippen LogP contribution in [-0.4, -0.2) is 56.0 Å². The summed E-state index contributed by atoms with van der Waals surface area (Å²) in [5.41, 5.74) is 0.424. The number of nitrogens with one attached hydrogen (secondary N) is 2. The summed E-state index contributed by atoms with van der Waals surface area (Å²) in [7, 11) is 0. The standard InChI is InChI=1S/C20H21F2N3O3/c21-15-3-1-5-17(11-15)23-19(26)13-24-7-9-25(10-8-24)20(27)14-28-18-6-2-4-16(22)12-18/h1-6,11-12H,7-10,13-14H2,(H,23,26)/p+1. The lowest BCUT2D eigenvalue weighted by atomic mass is 10.3. The number of rotatable bonds is 6. The highest BCUT2D eigenvalue weighted by atomic mass is 19.1. The minimum Gasteiger partial charge on any atom is -0.484 e. The average molecular weight is 390 g/mol. The number of hydrogen-bond acceptors (Lipinski definition) is 3. The molecule has 0 radical (unpaired) electrons. The zero-order chi connectivity index (χ0) is 19.9. The van der Waals surface area contributed by atoms with Gasteiger partial charge in [0.05, 0.1) is 26.2 Å². The molecule has 0 unspecified atom stereocenters. The molecule has 148 valence electrons. The van der Waals surface area contributed by atoms with Crippen LogP contribution in [0.25, 0.3) is 0 Å². The fourth-order valence-electron chi connectivity index (χ4n) is 3.04. The lowest BCUT2D eigenvalue weighted by Crippen LogP contribution is -3.15. The van der Waals surface area contributed by atoms with Gasteiger partial charge in [-0.3, -0.25) is 9.59 Å². The fourth-order valence-corrected chi connectivity index (χ4v) is 3.04. The molecule has 1 aliphatic rings. The first-order valence-electron chi connectivity index (χ1n) is 9.05. The molecule has 3 rings (SSSR count). The van der Waals surface area contributed by atoms with Crippen LogP contribution in [0.5, 0.6) is 5.75 Å². The van der Waals surface area contributed by atoms with Gasteiger partial charge in [-0.2, -0.15) is 0 Å². The van der Waals surface area contributed by atoms with E-state index in [9.17, 15) is 18.4 Å². The number of carbonyl (C=O) groups excluding carboxylic acids is 2. The van der Waals surface area contributed by atoms with Crippen LogP contribution >= 0.6 is 0 Å². The van der Waals surface area contributed by atoms with Gasteiger partial charge in [-0.15, -0.1) is 0 Å². The predicted octanol–water partition coefficient (Wildman–Crippen LogP) is 0.709. The highest BCUT2D eigenvalue weighted by Gasteiger charge is 2.25. The number of benzene rings is 2. The minimum atomic E-state index is -0.418. The van der Waals surface area contributed by atoms with E-state index >= 15 is 0 Å². The van der Waals surface area contributed by atoms with E-state index in [0.29, 0.717) is 37.6 Å². The second kappa shape index (κ2) is 9.27. The number of carbonyl (C=O) groups is 2. The zero-order valence-corrected chi connectivity index (χ0v) is 15.3. The van der Waals surface area contributed by atoms with Gasteiger partial charge in [0, 0.05) is 11.8 Å².